The molecule has 0 spiro atoms. The van der Waals surface area contributed by atoms with Crippen molar-refractivity contribution in [3.8, 4) is 33.8 Å². The second-order valence-electron chi connectivity index (χ2n) is 17.2. The van der Waals surface area contributed by atoms with E-state index in [1.165, 1.54) is 26.4 Å². The molecule has 14 heteroatoms. The van der Waals surface area contributed by atoms with E-state index in [0.717, 1.165) is 25.7 Å². The monoisotopic (exact) mass is 868 g/mol. The van der Waals surface area contributed by atoms with Crippen molar-refractivity contribution in [1.82, 2.24) is 21.3 Å². The number of rotatable bonds is 20. The molecule has 336 valence electrons. The summed E-state index contributed by atoms with van der Waals surface area (Å²) in [5.74, 6) is -1.38. The lowest BCUT2D eigenvalue weighted by molar-refractivity contribution is 0.0513. The molecule has 12 nitrogen and oxygen atoms in total. The van der Waals surface area contributed by atoms with Crippen molar-refractivity contribution >= 4 is 23.6 Å². The summed E-state index contributed by atoms with van der Waals surface area (Å²) in [6.07, 6.45) is 3.27. The minimum absolute atomic E-state index is 0.0573. The van der Waals surface area contributed by atoms with Crippen molar-refractivity contribution in [1.29, 1.82) is 0 Å². The fraction of sp³-hybridized carbons (Fsp3) is 0.429. The van der Waals surface area contributed by atoms with Gasteiger partial charge in [0.15, 0.2) is 13.6 Å². The van der Waals surface area contributed by atoms with Crippen molar-refractivity contribution in [2.24, 2.45) is 17.8 Å². The molecule has 4 aromatic rings. The zero-order chi connectivity index (χ0) is 45.5. The zero-order valence-corrected chi connectivity index (χ0v) is 37.2. The van der Waals surface area contributed by atoms with Crippen LogP contribution in [0.3, 0.4) is 0 Å². The maximum absolute atomic E-state index is 15.5. The van der Waals surface area contributed by atoms with E-state index in [-0.39, 0.29) is 78.3 Å². The van der Waals surface area contributed by atoms with Crippen LogP contribution in [0.4, 0.5) is 8.78 Å². The third kappa shape index (κ3) is 11.8. The Hall–Kier alpha value is -5.86. The van der Waals surface area contributed by atoms with Crippen LogP contribution in [0.2, 0.25) is 0 Å². The van der Waals surface area contributed by atoms with Crippen LogP contribution in [0.1, 0.15) is 106 Å². The van der Waals surface area contributed by atoms with E-state index in [4.69, 9.17) is 18.9 Å². The standard InChI is InChI=1S/C49H58F2N4O8/c1-26(2)30(6)53-47(57)32-10-14-38(45(22-32)63-25-61-8)40-17-35(19-42(51)29(40)5)49(59)55-43-20-33(43)15-27(3)23-52-46(56)31-9-13-37(44(21-31)62-24-60-7)39-16-34(18-41(50)28(39)4)48(58)54-36-11-12-36/h9-10,13-14,16-19,21-22,26-27,30,33,36,43H,11-12,15,20,23-25H2,1-8H3,(H,52,56)(H,53,57)(H,54,58)(H,55,59). The largest absolute Gasteiger partial charge is 0.467 e. The summed E-state index contributed by atoms with van der Waals surface area (Å²) in [5, 5.41) is 11.9. The van der Waals surface area contributed by atoms with Gasteiger partial charge in [0, 0.05) is 72.3 Å². The highest BCUT2D eigenvalue weighted by Gasteiger charge is 2.39. The molecule has 2 fully saturated rings. The van der Waals surface area contributed by atoms with E-state index in [2.05, 4.69) is 21.3 Å². The number of amides is 4. The highest BCUT2D eigenvalue weighted by molar-refractivity contribution is 5.99. The van der Waals surface area contributed by atoms with Gasteiger partial charge in [0.05, 0.1) is 0 Å². The van der Waals surface area contributed by atoms with Gasteiger partial charge in [-0.3, -0.25) is 19.2 Å². The predicted molar refractivity (Wildman–Crippen MR) is 236 cm³/mol. The lowest BCUT2D eigenvalue weighted by Gasteiger charge is -2.19. The summed E-state index contributed by atoms with van der Waals surface area (Å²) in [4.78, 5) is 52.8. The van der Waals surface area contributed by atoms with Crippen LogP contribution in [-0.2, 0) is 9.47 Å². The van der Waals surface area contributed by atoms with E-state index in [1.807, 2.05) is 27.7 Å². The summed E-state index contributed by atoms with van der Waals surface area (Å²) in [6.45, 7) is 11.4. The Bertz CT molecular complexity index is 2350. The molecule has 0 heterocycles. The first-order valence-electron chi connectivity index (χ1n) is 21.4. The van der Waals surface area contributed by atoms with Gasteiger partial charge in [0.25, 0.3) is 23.6 Å². The van der Waals surface area contributed by atoms with E-state index >= 15 is 8.78 Å². The highest BCUT2D eigenvalue weighted by Crippen LogP contribution is 2.39. The third-order valence-electron chi connectivity index (χ3n) is 11.8. The van der Waals surface area contributed by atoms with Gasteiger partial charge in [-0.05, 0) is 147 Å². The Balaban J connectivity index is 1.07. The molecule has 0 radical (unpaired) electrons. The van der Waals surface area contributed by atoms with E-state index in [9.17, 15) is 19.2 Å². The van der Waals surface area contributed by atoms with Crippen LogP contribution in [0, 0.1) is 43.2 Å². The van der Waals surface area contributed by atoms with Crippen molar-refractivity contribution < 1.29 is 46.9 Å². The van der Waals surface area contributed by atoms with Gasteiger partial charge >= 0.3 is 0 Å². The molecule has 0 saturated heterocycles. The fourth-order valence-electron chi connectivity index (χ4n) is 7.29. The number of benzene rings is 4. The summed E-state index contributed by atoms with van der Waals surface area (Å²) in [5.41, 5.74) is 3.63. The van der Waals surface area contributed by atoms with Gasteiger partial charge in [-0.15, -0.1) is 0 Å². The molecule has 0 aromatic heterocycles. The third-order valence-corrected chi connectivity index (χ3v) is 11.8. The average molecular weight is 869 g/mol. The molecule has 4 aromatic carbocycles. The van der Waals surface area contributed by atoms with Crippen molar-refractivity contribution in [3.05, 3.63) is 106 Å². The number of nitrogens with one attached hydrogen (secondary N) is 4. The zero-order valence-electron chi connectivity index (χ0n) is 37.2. The summed E-state index contributed by atoms with van der Waals surface area (Å²) >= 11 is 0. The Morgan fingerprint density at radius 2 is 1.16 bits per heavy atom. The van der Waals surface area contributed by atoms with Gasteiger partial charge in [-0.25, -0.2) is 8.78 Å². The van der Waals surface area contributed by atoms with Gasteiger partial charge in [0.2, 0.25) is 0 Å². The smallest absolute Gasteiger partial charge is 0.251 e. The first kappa shape index (κ1) is 46.6. The lowest BCUT2D eigenvalue weighted by Crippen LogP contribution is -2.36. The SMILES string of the molecule is COCOc1cc(C(=O)NCC(C)CC2CC2NC(=O)c2cc(F)c(C)c(-c3ccc(C(=O)NC(C)C(C)C)cc3OCOC)c2)ccc1-c1cc(C(=O)NC2CC2)cc(F)c1C. The molecule has 63 heavy (non-hydrogen) atoms. The van der Waals surface area contributed by atoms with Crippen molar-refractivity contribution in [2.45, 2.75) is 85.4 Å². The van der Waals surface area contributed by atoms with Gasteiger partial charge in [0.1, 0.15) is 23.1 Å². The molecule has 2 aliphatic carbocycles. The lowest BCUT2D eigenvalue weighted by atomic mass is 9.95. The quantitative estimate of drug-likeness (QED) is 0.0651. The topological polar surface area (TPSA) is 153 Å². The molecule has 4 amide bonds. The number of carbonyl (C=O) groups is 4. The molecular weight excluding hydrogens is 811 g/mol. The fourth-order valence-corrected chi connectivity index (χ4v) is 7.29. The van der Waals surface area contributed by atoms with Gasteiger partial charge in [-0.1, -0.05) is 20.8 Å². The first-order chi connectivity index (χ1) is 30.1. The number of hydrogen-bond acceptors (Lipinski definition) is 8. The number of halogens is 2. The average Bonchev–Trinajstić information content (AvgIpc) is 4.21. The first-order valence-corrected chi connectivity index (χ1v) is 21.4. The summed E-state index contributed by atoms with van der Waals surface area (Å²) in [7, 11) is 2.94. The molecule has 6 rings (SSSR count). The van der Waals surface area contributed by atoms with E-state index in [0.29, 0.717) is 62.6 Å². The van der Waals surface area contributed by atoms with E-state index < -0.39 is 17.5 Å². The van der Waals surface area contributed by atoms with Crippen LogP contribution < -0.4 is 30.7 Å². The van der Waals surface area contributed by atoms with Gasteiger partial charge in [-0.2, -0.15) is 0 Å². The van der Waals surface area contributed by atoms with Gasteiger partial charge < -0.3 is 40.2 Å². The van der Waals surface area contributed by atoms with Crippen LogP contribution in [0.25, 0.3) is 22.3 Å². The molecule has 2 saturated carbocycles. The second kappa shape index (κ2) is 20.5. The maximum Gasteiger partial charge on any atom is 0.251 e. The number of hydrogen-bond donors (Lipinski definition) is 4. The van der Waals surface area contributed by atoms with Crippen LogP contribution >= 0.6 is 0 Å². The number of methoxy groups -OCH3 is 2. The van der Waals surface area contributed by atoms with Crippen LogP contribution in [0.5, 0.6) is 11.5 Å². The number of carbonyl (C=O) groups excluding carboxylic acids is 4. The van der Waals surface area contributed by atoms with Crippen molar-refractivity contribution in [2.75, 3.05) is 34.4 Å². The molecule has 0 aliphatic heterocycles. The molecule has 0 bridgehead atoms. The molecule has 4 N–H and O–H groups in total. The molecule has 4 atom stereocenters. The Kier molecular flexibility index (Phi) is 15.2. The minimum atomic E-state index is -0.557. The Morgan fingerprint density at radius 3 is 1.65 bits per heavy atom. The second-order valence-corrected chi connectivity index (χ2v) is 17.2. The molecule has 2 aliphatic rings. The Labute approximate surface area is 367 Å². The summed E-state index contributed by atoms with van der Waals surface area (Å²) in [6, 6.07) is 15.4. The highest BCUT2D eigenvalue weighted by atomic mass is 19.1. The van der Waals surface area contributed by atoms with E-state index in [1.54, 1.807) is 62.4 Å². The maximum atomic E-state index is 15.5. The van der Waals surface area contributed by atoms with Crippen LogP contribution in [0.15, 0.2) is 60.7 Å². The minimum Gasteiger partial charge on any atom is -0.467 e. The summed E-state index contributed by atoms with van der Waals surface area (Å²) < 4.78 is 52.5. The Morgan fingerprint density at radius 1 is 0.651 bits per heavy atom. The van der Waals surface area contributed by atoms with Crippen LogP contribution in [-0.4, -0.2) is 76.1 Å². The molecular formula is C49H58F2N4O8. The number of ether oxygens (including phenoxy) is 4. The normalized spacial score (nSPS) is 16.5. The molecule has 4 unspecified atom stereocenters. The van der Waals surface area contributed by atoms with Crippen molar-refractivity contribution in [3.63, 3.8) is 0 Å². The predicted octanol–water partition coefficient (Wildman–Crippen LogP) is 8.12.